The van der Waals surface area contributed by atoms with Crippen LogP contribution >= 0.6 is 11.7 Å². The van der Waals surface area contributed by atoms with Crippen LogP contribution in [0.5, 0.6) is 0 Å². The van der Waals surface area contributed by atoms with Crippen LogP contribution < -0.4 is 5.63 Å². The van der Waals surface area contributed by atoms with E-state index < -0.39 is 5.63 Å². The van der Waals surface area contributed by atoms with Gasteiger partial charge >= 0.3 is 5.63 Å². The normalized spacial score (nSPS) is 11.1. The number of hydrogen-bond acceptors (Lipinski definition) is 5. The van der Waals surface area contributed by atoms with Crippen molar-refractivity contribution in [3.63, 3.8) is 0 Å². The predicted molar refractivity (Wildman–Crippen MR) is 53.5 cm³/mol. The van der Waals surface area contributed by atoms with E-state index in [1.165, 1.54) is 0 Å². The van der Waals surface area contributed by atoms with Crippen LogP contribution in [0.1, 0.15) is 0 Å². The molecule has 1 aromatic carbocycles. The van der Waals surface area contributed by atoms with Gasteiger partial charge in [0.2, 0.25) is 0 Å². The topological polar surface area (TPSA) is 56.0 Å². The minimum atomic E-state index is -0.424. The molecule has 2 aromatic heterocycles. The van der Waals surface area contributed by atoms with Gasteiger partial charge in [0.15, 0.2) is 5.52 Å². The number of nitrogens with zero attached hydrogens (tertiary/aromatic N) is 2. The second-order valence-corrected chi connectivity index (χ2v) is 3.38. The first kappa shape index (κ1) is 7.64. The summed E-state index contributed by atoms with van der Waals surface area (Å²) in [7, 11) is 0. The average molecular weight is 204 g/mol. The van der Waals surface area contributed by atoms with Crippen molar-refractivity contribution in [3.05, 3.63) is 34.7 Å². The van der Waals surface area contributed by atoms with Crippen molar-refractivity contribution in [1.29, 1.82) is 0 Å². The van der Waals surface area contributed by atoms with E-state index in [4.69, 9.17) is 4.42 Å². The van der Waals surface area contributed by atoms with Gasteiger partial charge in [0.05, 0.1) is 11.7 Å². The van der Waals surface area contributed by atoms with E-state index in [0.717, 1.165) is 17.1 Å². The Morgan fingerprint density at radius 2 is 1.93 bits per heavy atom. The highest BCUT2D eigenvalue weighted by Crippen LogP contribution is 2.20. The van der Waals surface area contributed by atoms with Gasteiger partial charge in [0.1, 0.15) is 11.1 Å². The van der Waals surface area contributed by atoms with Crippen molar-refractivity contribution in [2.24, 2.45) is 0 Å². The van der Waals surface area contributed by atoms with E-state index >= 15 is 0 Å². The van der Waals surface area contributed by atoms with Crippen LogP contribution in [0.3, 0.4) is 0 Å². The zero-order valence-electron chi connectivity index (χ0n) is 6.93. The maximum absolute atomic E-state index is 11.4. The molecule has 0 fully saturated rings. The second-order valence-electron chi connectivity index (χ2n) is 2.85. The molecule has 0 N–H and O–H groups in total. The zero-order chi connectivity index (χ0) is 9.54. The standard InChI is InChI=1S/C9H4N2O2S/c12-9-8-7(10-14-11-8)5-3-1-2-4-6(5)13-9/h1-4H. The van der Waals surface area contributed by atoms with Gasteiger partial charge in [0.25, 0.3) is 0 Å². The molecule has 0 aliphatic carbocycles. The van der Waals surface area contributed by atoms with Crippen LogP contribution in [0.4, 0.5) is 0 Å². The molecule has 0 bridgehead atoms. The molecule has 0 aliphatic rings. The van der Waals surface area contributed by atoms with Gasteiger partial charge in [-0.3, -0.25) is 0 Å². The molecule has 14 heavy (non-hydrogen) atoms. The van der Waals surface area contributed by atoms with Crippen molar-refractivity contribution in [1.82, 2.24) is 8.75 Å². The van der Waals surface area contributed by atoms with Gasteiger partial charge in [-0.05, 0) is 12.1 Å². The molecular formula is C9H4N2O2S. The molecule has 4 nitrogen and oxygen atoms in total. The van der Waals surface area contributed by atoms with Gasteiger partial charge in [-0.25, -0.2) is 4.79 Å². The van der Waals surface area contributed by atoms with Gasteiger partial charge < -0.3 is 4.42 Å². The number of benzene rings is 1. The zero-order valence-corrected chi connectivity index (χ0v) is 7.75. The van der Waals surface area contributed by atoms with E-state index in [1.54, 1.807) is 6.07 Å². The van der Waals surface area contributed by atoms with Crippen molar-refractivity contribution in [2.45, 2.75) is 0 Å². The van der Waals surface area contributed by atoms with Crippen molar-refractivity contribution >= 4 is 33.7 Å². The van der Waals surface area contributed by atoms with Gasteiger partial charge in [0, 0.05) is 5.39 Å². The predicted octanol–water partition coefficient (Wildman–Crippen LogP) is 1.80. The SMILES string of the molecule is O=c1oc2ccccc2c2nsnc12. The third-order valence-electron chi connectivity index (χ3n) is 2.03. The molecule has 68 valence electrons. The highest BCUT2D eigenvalue weighted by molar-refractivity contribution is 7.00. The summed E-state index contributed by atoms with van der Waals surface area (Å²) in [6, 6.07) is 7.30. The summed E-state index contributed by atoms with van der Waals surface area (Å²) in [5.74, 6) is 0. The fourth-order valence-electron chi connectivity index (χ4n) is 1.40. The second kappa shape index (κ2) is 2.62. The van der Waals surface area contributed by atoms with Crippen LogP contribution in [-0.2, 0) is 0 Å². The highest BCUT2D eigenvalue weighted by Gasteiger charge is 2.09. The monoisotopic (exact) mass is 204 g/mol. The van der Waals surface area contributed by atoms with E-state index in [-0.39, 0.29) is 0 Å². The molecule has 3 aromatic rings. The van der Waals surface area contributed by atoms with Crippen LogP contribution in [0.25, 0.3) is 22.0 Å². The summed E-state index contributed by atoms with van der Waals surface area (Å²) in [5, 5.41) is 0.829. The lowest BCUT2D eigenvalue weighted by molar-refractivity contribution is 0.568. The number of aromatic nitrogens is 2. The van der Waals surface area contributed by atoms with Gasteiger partial charge in [-0.15, -0.1) is 0 Å². The average Bonchev–Trinajstić information content (AvgIpc) is 2.67. The molecule has 3 rings (SSSR count). The molecular weight excluding hydrogens is 200 g/mol. The Balaban J connectivity index is 2.73. The lowest BCUT2D eigenvalue weighted by Crippen LogP contribution is -1.98. The first-order valence-corrected chi connectivity index (χ1v) is 4.73. The van der Waals surface area contributed by atoms with E-state index in [9.17, 15) is 4.79 Å². The number of hydrogen-bond donors (Lipinski definition) is 0. The fourth-order valence-corrected chi connectivity index (χ4v) is 1.95. The van der Waals surface area contributed by atoms with E-state index in [0.29, 0.717) is 16.6 Å². The number of para-hydroxylation sites is 1. The fraction of sp³-hybridized carbons (Fsp3) is 0. The maximum atomic E-state index is 11.4. The van der Waals surface area contributed by atoms with Crippen LogP contribution in [0, 0.1) is 0 Å². The number of rotatable bonds is 0. The van der Waals surface area contributed by atoms with E-state index in [2.05, 4.69) is 8.75 Å². The molecule has 0 saturated heterocycles. The van der Waals surface area contributed by atoms with Crippen LogP contribution in [0.2, 0.25) is 0 Å². The van der Waals surface area contributed by atoms with Crippen molar-refractivity contribution in [3.8, 4) is 0 Å². The summed E-state index contributed by atoms with van der Waals surface area (Å²) < 4.78 is 13.1. The summed E-state index contributed by atoms with van der Waals surface area (Å²) in [6.07, 6.45) is 0. The Hall–Kier alpha value is -1.75. The lowest BCUT2D eigenvalue weighted by Gasteiger charge is -1.94. The minimum absolute atomic E-state index is 0.314. The Kier molecular flexibility index (Phi) is 1.43. The Morgan fingerprint density at radius 1 is 1.14 bits per heavy atom. The van der Waals surface area contributed by atoms with Crippen LogP contribution in [0.15, 0.2) is 33.5 Å². The summed E-state index contributed by atoms with van der Waals surface area (Å²) in [5.41, 5.74) is 1.07. The molecule has 0 spiro atoms. The Bertz CT molecular complexity index is 671. The molecule has 0 unspecified atom stereocenters. The smallest absolute Gasteiger partial charge is 0.365 e. The first-order chi connectivity index (χ1) is 6.86. The summed E-state index contributed by atoms with van der Waals surface area (Å²) in [4.78, 5) is 11.4. The largest absolute Gasteiger partial charge is 0.421 e. The summed E-state index contributed by atoms with van der Waals surface area (Å²) in [6.45, 7) is 0. The maximum Gasteiger partial charge on any atom is 0.365 e. The third kappa shape index (κ3) is 0.898. The molecule has 0 aliphatic heterocycles. The lowest BCUT2D eigenvalue weighted by atomic mass is 10.2. The van der Waals surface area contributed by atoms with Crippen LogP contribution in [-0.4, -0.2) is 8.75 Å². The minimum Gasteiger partial charge on any atom is -0.421 e. The molecule has 0 saturated carbocycles. The Labute approximate surface area is 82.1 Å². The summed E-state index contributed by atoms with van der Waals surface area (Å²) >= 11 is 1.02. The molecule has 2 heterocycles. The molecule has 0 atom stereocenters. The number of fused-ring (bicyclic) bond motifs is 3. The molecule has 5 heteroatoms. The molecule has 0 radical (unpaired) electrons. The van der Waals surface area contributed by atoms with E-state index in [1.807, 2.05) is 18.2 Å². The first-order valence-electron chi connectivity index (χ1n) is 4.00. The quantitative estimate of drug-likeness (QED) is 0.524. The highest BCUT2D eigenvalue weighted by atomic mass is 32.1. The van der Waals surface area contributed by atoms with Crippen molar-refractivity contribution in [2.75, 3.05) is 0 Å². The van der Waals surface area contributed by atoms with Crippen molar-refractivity contribution < 1.29 is 4.42 Å². The molecule has 0 amide bonds. The third-order valence-corrected chi connectivity index (χ3v) is 2.56. The Morgan fingerprint density at radius 3 is 2.86 bits per heavy atom. The van der Waals surface area contributed by atoms with Gasteiger partial charge in [-0.2, -0.15) is 8.75 Å². The van der Waals surface area contributed by atoms with Gasteiger partial charge in [-0.1, -0.05) is 12.1 Å².